The number of carbonyl (C=O) groups is 1. The monoisotopic (exact) mass is 297 g/mol. The highest BCUT2D eigenvalue weighted by molar-refractivity contribution is 5.94. The quantitative estimate of drug-likeness (QED) is 0.915. The van der Waals surface area contributed by atoms with Gasteiger partial charge in [-0.3, -0.25) is 4.79 Å². The maximum absolute atomic E-state index is 12.2. The van der Waals surface area contributed by atoms with E-state index in [1.807, 2.05) is 36.4 Å². The summed E-state index contributed by atoms with van der Waals surface area (Å²) >= 11 is 0. The van der Waals surface area contributed by atoms with Crippen LogP contribution in [0.15, 0.2) is 48.5 Å². The number of hydrogen-bond donors (Lipinski definition) is 2. The minimum absolute atomic E-state index is 0.156. The summed E-state index contributed by atoms with van der Waals surface area (Å²) in [6.07, 6.45) is 0.835. The van der Waals surface area contributed by atoms with Gasteiger partial charge in [0.15, 0.2) is 0 Å². The van der Waals surface area contributed by atoms with E-state index in [-0.39, 0.29) is 11.9 Å². The molecule has 2 N–H and O–H groups in total. The average Bonchev–Trinajstić information content (AvgIpc) is 2.58. The lowest BCUT2D eigenvalue weighted by Crippen LogP contribution is -2.41. The summed E-state index contributed by atoms with van der Waals surface area (Å²) in [5.41, 5.74) is 2.55. The van der Waals surface area contributed by atoms with Crippen LogP contribution in [0.25, 0.3) is 0 Å². The zero-order chi connectivity index (χ0) is 15.5. The lowest BCUT2D eigenvalue weighted by atomic mass is 9.85. The predicted octanol–water partition coefficient (Wildman–Crippen LogP) is 2.47. The van der Waals surface area contributed by atoms with Crippen molar-refractivity contribution < 1.29 is 14.6 Å². The fourth-order valence-corrected chi connectivity index (χ4v) is 2.88. The molecule has 2 aromatic rings. The summed E-state index contributed by atoms with van der Waals surface area (Å²) in [5.74, 6) is 0.559. The molecule has 1 amide bonds. The van der Waals surface area contributed by atoms with Crippen LogP contribution in [0, 0.1) is 0 Å². The zero-order valence-corrected chi connectivity index (χ0v) is 12.5. The van der Waals surface area contributed by atoms with Gasteiger partial charge in [-0.25, -0.2) is 0 Å². The Balaban J connectivity index is 1.78. The Morgan fingerprint density at radius 3 is 2.73 bits per heavy atom. The Hall–Kier alpha value is -2.33. The third-order valence-corrected chi connectivity index (χ3v) is 4.13. The minimum atomic E-state index is -0.716. The van der Waals surface area contributed by atoms with E-state index in [0.717, 1.165) is 24.0 Å². The van der Waals surface area contributed by atoms with Crippen LogP contribution in [0.2, 0.25) is 0 Å². The molecule has 0 aliphatic heterocycles. The van der Waals surface area contributed by atoms with E-state index >= 15 is 0 Å². The Labute approximate surface area is 129 Å². The number of amides is 1. The first-order valence-electron chi connectivity index (χ1n) is 7.40. The Kier molecular flexibility index (Phi) is 4.11. The summed E-state index contributed by atoms with van der Waals surface area (Å²) in [4.78, 5) is 12.2. The standard InChI is InChI=1S/C18H19NO3/c1-22-14-9-7-12-8-10-16(17(20)15(12)11-14)19-18(21)13-5-3-2-4-6-13/h2-7,9,11,16-17,20H,8,10H2,1H3,(H,19,21)/t16-,17-/m0/s1. The number of carbonyl (C=O) groups excluding carboxylic acids is 1. The fourth-order valence-electron chi connectivity index (χ4n) is 2.88. The van der Waals surface area contributed by atoms with Crippen LogP contribution in [0.5, 0.6) is 5.75 Å². The molecule has 2 atom stereocenters. The van der Waals surface area contributed by atoms with Crippen molar-refractivity contribution >= 4 is 5.91 Å². The van der Waals surface area contributed by atoms with Crippen LogP contribution < -0.4 is 10.1 Å². The van der Waals surface area contributed by atoms with Gasteiger partial charge < -0.3 is 15.2 Å². The van der Waals surface area contributed by atoms with Gasteiger partial charge in [0.2, 0.25) is 0 Å². The number of ether oxygens (including phenoxy) is 1. The highest BCUT2D eigenvalue weighted by Gasteiger charge is 2.29. The lowest BCUT2D eigenvalue weighted by Gasteiger charge is -2.31. The molecule has 0 spiro atoms. The number of rotatable bonds is 3. The summed E-state index contributed by atoms with van der Waals surface area (Å²) in [5, 5.41) is 13.5. The largest absolute Gasteiger partial charge is 0.497 e. The number of aliphatic hydroxyl groups is 1. The van der Waals surface area contributed by atoms with Crippen LogP contribution in [-0.4, -0.2) is 24.2 Å². The third kappa shape index (κ3) is 2.83. The van der Waals surface area contributed by atoms with Gasteiger partial charge in [-0.15, -0.1) is 0 Å². The van der Waals surface area contributed by atoms with Crippen LogP contribution in [-0.2, 0) is 6.42 Å². The van der Waals surface area contributed by atoms with E-state index in [9.17, 15) is 9.90 Å². The predicted molar refractivity (Wildman–Crippen MR) is 84.0 cm³/mol. The molecular weight excluding hydrogens is 278 g/mol. The Bertz CT molecular complexity index is 669. The van der Waals surface area contributed by atoms with Gasteiger partial charge in [0, 0.05) is 5.56 Å². The number of nitrogens with one attached hydrogen (secondary N) is 1. The van der Waals surface area contributed by atoms with Crippen LogP contribution >= 0.6 is 0 Å². The minimum Gasteiger partial charge on any atom is -0.497 e. The van der Waals surface area contributed by atoms with Crippen molar-refractivity contribution in [3.63, 3.8) is 0 Å². The van der Waals surface area contributed by atoms with Gasteiger partial charge in [-0.1, -0.05) is 24.3 Å². The van der Waals surface area contributed by atoms with E-state index in [2.05, 4.69) is 5.32 Å². The number of benzene rings is 2. The summed E-state index contributed by atoms with van der Waals surface area (Å²) < 4.78 is 5.22. The topological polar surface area (TPSA) is 58.6 Å². The van der Waals surface area contributed by atoms with Gasteiger partial charge in [0.1, 0.15) is 5.75 Å². The first-order chi connectivity index (χ1) is 10.7. The maximum Gasteiger partial charge on any atom is 0.251 e. The van der Waals surface area contributed by atoms with E-state index < -0.39 is 6.10 Å². The number of aryl methyl sites for hydroxylation is 1. The smallest absolute Gasteiger partial charge is 0.251 e. The average molecular weight is 297 g/mol. The molecule has 0 fully saturated rings. The Morgan fingerprint density at radius 1 is 1.23 bits per heavy atom. The normalized spacial score (nSPS) is 20.1. The molecule has 4 nitrogen and oxygen atoms in total. The number of aliphatic hydroxyl groups excluding tert-OH is 1. The maximum atomic E-state index is 12.2. The molecule has 3 rings (SSSR count). The van der Waals surface area contributed by atoms with Gasteiger partial charge >= 0.3 is 0 Å². The van der Waals surface area contributed by atoms with Crippen LogP contribution in [0.3, 0.4) is 0 Å². The van der Waals surface area contributed by atoms with Crippen LogP contribution in [0.1, 0.15) is 34.0 Å². The van der Waals surface area contributed by atoms with E-state index in [0.29, 0.717) is 11.3 Å². The molecule has 0 bridgehead atoms. The fraction of sp³-hybridized carbons (Fsp3) is 0.278. The number of hydrogen-bond acceptors (Lipinski definition) is 3. The summed E-state index contributed by atoms with van der Waals surface area (Å²) in [6, 6.07) is 14.5. The molecule has 0 heterocycles. The highest BCUT2D eigenvalue weighted by Crippen LogP contribution is 2.32. The number of methoxy groups -OCH3 is 1. The molecule has 22 heavy (non-hydrogen) atoms. The molecule has 0 aromatic heterocycles. The van der Waals surface area contributed by atoms with E-state index in [4.69, 9.17) is 4.74 Å². The molecule has 2 aromatic carbocycles. The first kappa shape index (κ1) is 14.6. The molecule has 0 saturated carbocycles. The molecule has 4 heteroatoms. The second-order valence-electron chi connectivity index (χ2n) is 5.49. The second kappa shape index (κ2) is 6.20. The third-order valence-electron chi connectivity index (χ3n) is 4.13. The lowest BCUT2D eigenvalue weighted by molar-refractivity contribution is 0.0799. The van der Waals surface area contributed by atoms with Gasteiger partial charge in [-0.05, 0) is 48.2 Å². The molecular formula is C18H19NO3. The molecule has 0 saturated heterocycles. The van der Waals surface area contributed by atoms with Crippen molar-refractivity contribution in [1.29, 1.82) is 0 Å². The van der Waals surface area contributed by atoms with Crippen molar-refractivity contribution in [2.75, 3.05) is 7.11 Å². The SMILES string of the molecule is COc1ccc2c(c1)[C@H](O)[C@@H](NC(=O)c1ccccc1)CC2. The van der Waals surface area contributed by atoms with Crippen molar-refractivity contribution in [3.8, 4) is 5.75 Å². The molecule has 0 unspecified atom stereocenters. The van der Waals surface area contributed by atoms with E-state index in [1.165, 1.54) is 0 Å². The van der Waals surface area contributed by atoms with Crippen molar-refractivity contribution in [1.82, 2.24) is 5.32 Å². The van der Waals surface area contributed by atoms with E-state index in [1.54, 1.807) is 19.2 Å². The molecule has 1 aliphatic rings. The zero-order valence-electron chi connectivity index (χ0n) is 12.5. The van der Waals surface area contributed by atoms with Crippen molar-refractivity contribution in [3.05, 3.63) is 65.2 Å². The highest BCUT2D eigenvalue weighted by atomic mass is 16.5. The van der Waals surface area contributed by atoms with Gasteiger partial charge in [-0.2, -0.15) is 0 Å². The second-order valence-corrected chi connectivity index (χ2v) is 5.49. The summed E-state index contributed by atoms with van der Waals surface area (Å²) in [6.45, 7) is 0. The first-order valence-corrected chi connectivity index (χ1v) is 7.40. The van der Waals surface area contributed by atoms with Crippen LogP contribution in [0.4, 0.5) is 0 Å². The van der Waals surface area contributed by atoms with Crippen molar-refractivity contribution in [2.24, 2.45) is 0 Å². The molecule has 0 radical (unpaired) electrons. The molecule has 1 aliphatic carbocycles. The Morgan fingerprint density at radius 2 is 2.00 bits per heavy atom. The van der Waals surface area contributed by atoms with Gasteiger partial charge in [0.25, 0.3) is 5.91 Å². The van der Waals surface area contributed by atoms with Gasteiger partial charge in [0.05, 0.1) is 19.3 Å². The number of fused-ring (bicyclic) bond motifs is 1. The van der Waals surface area contributed by atoms with Crippen molar-refractivity contribution in [2.45, 2.75) is 25.0 Å². The summed E-state index contributed by atoms with van der Waals surface area (Å²) in [7, 11) is 1.60. The molecule has 114 valence electrons.